The number of aliphatic hydroxyl groups excluding tert-OH is 1. The molecule has 11 heteroatoms. The van der Waals surface area contributed by atoms with E-state index in [4.69, 9.17) is 32.7 Å². The Morgan fingerprint density at radius 1 is 0.974 bits per heavy atom. The highest BCUT2D eigenvalue weighted by molar-refractivity contribution is 6.46. The number of hydrogen-bond donors (Lipinski definition) is 1. The fourth-order valence-corrected chi connectivity index (χ4v) is 4.91. The maximum absolute atomic E-state index is 13.3. The number of carbonyl (C=O) groups is 2. The van der Waals surface area contributed by atoms with Crippen LogP contribution in [0.1, 0.15) is 28.3 Å². The normalized spacial score (nSPS) is 17.1. The fourth-order valence-electron chi connectivity index (χ4n) is 4.27. The van der Waals surface area contributed by atoms with Crippen LogP contribution in [0.2, 0.25) is 10.0 Å². The quantitative estimate of drug-likeness (QED) is 0.206. The van der Waals surface area contributed by atoms with Gasteiger partial charge in [-0.15, -0.1) is 0 Å². The molecule has 38 heavy (non-hydrogen) atoms. The minimum Gasteiger partial charge on any atom is -0.507 e. The molecule has 0 saturated carbocycles. The topological polar surface area (TPSA) is 76.1 Å². The van der Waals surface area contributed by atoms with Crippen molar-refractivity contribution in [2.75, 3.05) is 14.2 Å². The molecule has 0 aromatic heterocycles. The first-order valence-electron chi connectivity index (χ1n) is 11.1. The molecular formula is C27H20Cl2F3NO5. The van der Waals surface area contributed by atoms with E-state index < -0.39 is 35.2 Å². The first-order chi connectivity index (χ1) is 18.0. The number of nitrogens with zero attached hydrogens (tertiary/aromatic N) is 1. The SMILES string of the molecule is COc1ccc(C2/C(=C(\O)c3cc(Cl)c(OC)c(Cl)c3)C(=O)C(=O)N2Cc2cccc(C(F)(F)F)c2)cc1. The Labute approximate surface area is 225 Å². The summed E-state index contributed by atoms with van der Waals surface area (Å²) in [7, 11) is 2.82. The number of ether oxygens (including phenoxy) is 2. The number of aliphatic hydroxyl groups is 1. The smallest absolute Gasteiger partial charge is 0.416 e. The number of rotatable bonds is 6. The molecule has 0 bridgehead atoms. The zero-order valence-corrected chi connectivity index (χ0v) is 21.5. The van der Waals surface area contributed by atoms with Crippen LogP contribution < -0.4 is 9.47 Å². The van der Waals surface area contributed by atoms with E-state index in [-0.39, 0.29) is 39.0 Å². The minimum atomic E-state index is -4.59. The first-order valence-corrected chi connectivity index (χ1v) is 11.8. The van der Waals surface area contributed by atoms with Crippen molar-refractivity contribution in [3.63, 3.8) is 0 Å². The Balaban J connectivity index is 1.87. The van der Waals surface area contributed by atoms with Gasteiger partial charge in [-0.05, 0) is 47.5 Å². The minimum absolute atomic E-state index is 0.0522. The third kappa shape index (κ3) is 5.16. The summed E-state index contributed by atoms with van der Waals surface area (Å²) in [6, 6.07) is 12.4. The highest BCUT2D eigenvalue weighted by Crippen LogP contribution is 2.43. The number of hydrogen-bond acceptors (Lipinski definition) is 5. The molecule has 1 atom stereocenters. The van der Waals surface area contributed by atoms with Gasteiger partial charge in [0, 0.05) is 12.1 Å². The molecule has 1 aliphatic heterocycles. The third-order valence-corrected chi connectivity index (χ3v) is 6.62. The van der Waals surface area contributed by atoms with Crippen LogP contribution in [0.15, 0.2) is 66.2 Å². The van der Waals surface area contributed by atoms with Crippen molar-refractivity contribution in [3.8, 4) is 11.5 Å². The van der Waals surface area contributed by atoms with Gasteiger partial charge in [0.2, 0.25) is 0 Å². The van der Waals surface area contributed by atoms with Crippen molar-refractivity contribution in [3.05, 3.63) is 98.5 Å². The van der Waals surface area contributed by atoms with Crippen LogP contribution in [-0.4, -0.2) is 35.9 Å². The molecule has 3 aromatic carbocycles. The Hall–Kier alpha value is -3.69. The molecular weight excluding hydrogens is 546 g/mol. The molecule has 0 spiro atoms. The Morgan fingerprint density at radius 3 is 2.16 bits per heavy atom. The second kappa shape index (κ2) is 10.6. The molecule has 1 fully saturated rings. The van der Waals surface area contributed by atoms with E-state index in [2.05, 4.69) is 0 Å². The number of halogens is 5. The molecule has 0 radical (unpaired) electrons. The summed E-state index contributed by atoms with van der Waals surface area (Å²) in [6.07, 6.45) is -4.59. The lowest BCUT2D eigenvalue weighted by atomic mass is 9.95. The van der Waals surface area contributed by atoms with Crippen molar-refractivity contribution >= 4 is 40.7 Å². The van der Waals surface area contributed by atoms with Gasteiger partial charge in [-0.1, -0.05) is 47.5 Å². The molecule has 1 N–H and O–H groups in total. The average molecular weight is 566 g/mol. The third-order valence-electron chi connectivity index (χ3n) is 6.05. The van der Waals surface area contributed by atoms with Gasteiger partial charge in [0.15, 0.2) is 5.75 Å². The number of benzene rings is 3. The number of amides is 1. The van der Waals surface area contributed by atoms with Crippen molar-refractivity contribution in [2.45, 2.75) is 18.8 Å². The monoisotopic (exact) mass is 565 g/mol. The number of likely N-dealkylation sites (tertiary alicyclic amines) is 1. The number of carbonyl (C=O) groups excluding carboxylic acids is 2. The second-order valence-electron chi connectivity index (χ2n) is 8.37. The molecule has 1 aliphatic rings. The van der Waals surface area contributed by atoms with Crippen molar-refractivity contribution in [2.24, 2.45) is 0 Å². The highest BCUT2D eigenvalue weighted by atomic mass is 35.5. The summed E-state index contributed by atoms with van der Waals surface area (Å²) in [6.45, 7) is -0.327. The summed E-state index contributed by atoms with van der Waals surface area (Å²) in [5, 5.41) is 11.3. The summed E-state index contributed by atoms with van der Waals surface area (Å²) in [5.41, 5.74) is -0.545. The average Bonchev–Trinajstić information content (AvgIpc) is 3.12. The van der Waals surface area contributed by atoms with Crippen LogP contribution in [0.4, 0.5) is 13.2 Å². The standard InChI is InChI=1S/C27H20Cl2F3NO5/c1-37-18-8-6-15(7-9-18)22-21(23(34)16-11-19(28)25(38-2)20(29)12-16)24(35)26(36)33(22)13-14-4-3-5-17(10-14)27(30,31)32/h3-12,22,34H,13H2,1-2H3/b23-21+. The maximum Gasteiger partial charge on any atom is 0.416 e. The highest BCUT2D eigenvalue weighted by Gasteiger charge is 2.46. The number of ketones is 1. The van der Waals surface area contributed by atoms with Gasteiger partial charge in [0.25, 0.3) is 11.7 Å². The van der Waals surface area contributed by atoms with E-state index in [0.717, 1.165) is 17.0 Å². The lowest BCUT2D eigenvalue weighted by molar-refractivity contribution is -0.140. The van der Waals surface area contributed by atoms with E-state index in [1.165, 1.54) is 38.5 Å². The van der Waals surface area contributed by atoms with Crippen LogP contribution in [0.25, 0.3) is 5.76 Å². The molecule has 1 heterocycles. The number of alkyl halides is 3. The summed E-state index contributed by atoms with van der Waals surface area (Å²) in [4.78, 5) is 27.5. The second-order valence-corrected chi connectivity index (χ2v) is 9.19. The van der Waals surface area contributed by atoms with Gasteiger partial charge in [-0.2, -0.15) is 13.2 Å². The van der Waals surface area contributed by atoms with E-state index in [0.29, 0.717) is 11.3 Å². The molecule has 6 nitrogen and oxygen atoms in total. The summed E-state index contributed by atoms with van der Waals surface area (Å²) < 4.78 is 50.2. The Morgan fingerprint density at radius 2 is 1.61 bits per heavy atom. The van der Waals surface area contributed by atoms with Crippen molar-refractivity contribution in [1.82, 2.24) is 4.90 Å². The van der Waals surface area contributed by atoms with E-state index in [1.54, 1.807) is 24.3 Å². The van der Waals surface area contributed by atoms with E-state index in [1.807, 2.05) is 0 Å². The molecule has 0 aliphatic carbocycles. The lowest BCUT2D eigenvalue weighted by Gasteiger charge is -2.26. The van der Waals surface area contributed by atoms with Gasteiger partial charge < -0.3 is 19.5 Å². The van der Waals surface area contributed by atoms with Gasteiger partial charge >= 0.3 is 6.18 Å². The van der Waals surface area contributed by atoms with Gasteiger partial charge in [0.1, 0.15) is 11.5 Å². The number of methoxy groups -OCH3 is 2. The van der Waals surface area contributed by atoms with Crippen LogP contribution in [0.3, 0.4) is 0 Å². The largest absolute Gasteiger partial charge is 0.507 e. The Bertz CT molecular complexity index is 1410. The molecule has 3 aromatic rings. The predicted molar refractivity (Wildman–Crippen MR) is 135 cm³/mol. The Kier molecular flexibility index (Phi) is 7.62. The molecule has 4 rings (SSSR count). The predicted octanol–water partition coefficient (Wildman–Crippen LogP) is 6.65. The van der Waals surface area contributed by atoms with Crippen LogP contribution in [-0.2, 0) is 22.3 Å². The van der Waals surface area contributed by atoms with E-state index in [9.17, 15) is 27.9 Å². The summed E-state index contributed by atoms with van der Waals surface area (Å²) in [5.74, 6) is -1.91. The first kappa shape index (κ1) is 27.3. The number of Topliss-reactive ketones (excluding diaryl/α,β-unsaturated/α-hetero) is 1. The van der Waals surface area contributed by atoms with Crippen LogP contribution in [0, 0.1) is 0 Å². The van der Waals surface area contributed by atoms with Crippen molar-refractivity contribution in [1.29, 1.82) is 0 Å². The molecule has 1 unspecified atom stereocenters. The van der Waals surface area contributed by atoms with Gasteiger partial charge in [0.05, 0.1) is 41.4 Å². The van der Waals surface area contributed by atoms with Crippen LogP contribution in [0.5, 0.6) is 11.5 Å². The maximum atomic E-state index is 13.3. The lowest BCUT2D eigenvalue weighted by Crippen LogP contribution is -2.29. The molecule has 1 amide bonds. The molecule has 198 valence electrons. The molecule has 1 saturated heterocycles. The van der Waals surface area contributed by atoms with E-state index >= 15 is 0 Å². The van der Waals surface area contributed by atoms with Crippen LogP contribution >= 0.6 is 23.2 Å². The summed E-state index contributed by atoms with van der Waals surface area (Å²) >= 11 is 12.4. The fraction of sp³-hybridized carbons (Fsp3) is 0.185. The zero-order chi connectivity index (χ0) is 27.8. The zero-order valence-electron chi connectivity index (χ0n) is 20.0. The van der Waals surface area contributed by atoms with Gasteiger partial charge in [-0.3, -0.25) is 9.59 Å². The van der Waals surface area contributed by atoms with Crippen molar-refractivity contribution < 1.29 is 37.3 Å². The van der Waals surface area contributed by atoms with Gasteiger partial charge in [-0.25, -0.2) is 0 Å².